The Labute approximate surface area is 101 Å². The Morgan fingerprint density at radius 3 is 3.06 bits per heavy atom. The molecule has 2 heterocycles. The van der Waals surface area contributed by atoms with Crippen LogP contribution < -0.4 is 5.32 Å². The van der Waals surface area contributed by atoms with Gasteiger partial charge in [-0.3, -0.25) is 4.68 Å². The zero-order valence-electron chi connectivity index (χ0n) is 10.0. The minimum Gasteiger partial charge on any atom is -0.370 e. The molecule has 0 saturated heterocycles. The Morgan fingerprint density at radius 1 is 1.35 bits per heavy atom. The molecular formula is C12H17N5. The third-order valence-corrected chi connectivity index (χ3v) is 2.52. The predicted octanol–water partition coefficient (Wildman–Crippen LogP) is 1.74. The van der Waals surface area contributed by atoms with Crippen LogP contribution in [0, 0.1) is 0 Å². The summed E-state index contributed by atoms with van der Waals surface area (Å²) in [6, 6.07) is 3.93. The standard InChI is InChI=1S/C12H17N5/c1-2-11-9-12(15-10-14-11)13-5-3-7-17-8-4-6-16-17/h4,6,8-10H,2-3,5,7H2,1H3,(H,13,14,15). The molecule has 0 aromatic carbocycles. The molecule has 0 saturated carbocycles. The van der Waals surface area contributed by atoms with Crippen molar-refractivity contribution in [3.05, 3.63) is 36.5 Å². The molecule has 2 aromatic rings. The molecule has 0 spiro atoms. The van der Waals surface area contributed by atoms with Gasteiger partial charge in [-0.1, -0.05) is 6.92 Å². The molecule has 0 aliphatic rings. The average molecular weight is 231 g/mol. The second-order valence-corrected chi connectivity index (χ2v) is 3.80. The Bertz CT molecular complexity index is 438. The highest BCUT2D eigenvalue weighted by Gasteiger charge is 1.96. The van der Waals surface area contributed by atoms with Crippen molar-refractivity contribution in [2.24, 2.45) is 0 Å². The first-order valence-corrected chi connectivity index (χ1v) is 5.90. The van der Waals surface area contributed by atoms with Gasteiger partial charge in [-0.05, 0) is 18.9 Å². The zero-order chi connectivity index (χ0) is 11.9. The van der Waals surface area contributed by atoms with Crippen molar-refractivity contribution in [1.29, 1.82) is 0 Å². The van der Waals surface area contributed by atoms with Gasteiger partial charge in [0.2, 0.25) is 0 Å². The lowest BCUT2D eigenvalue weighted by Crippen LogP contribution is -2.08. The van der Waals surface area contributed by atoms with Crippen LogP contribution in [-0.2, 0) is 13.0 Å². The SMILES string of the molecule is CCc1cc(NCCCn2cccn2)ncn1. The maximum absolute atomic E-state index is 4.18. The van der Waals surface area contributed by atoms with E-state index in [1.165, 1.54) is 0 Å². The molecule has 0 unspecified atom stereocenters. The highest BCUT2D eigenvalue weighted by atomic mass is 15.3. The number of anilines is 1. The molecule has 0 amide bonds. The van der Waals surface area contributed by atoms with Crippen LogP contribution in [0.25, 0.3) is 0 Å². The molecule has 0 aliphatic heterocycles. The highest BCUT2D eigenvalue weighted by Crippen LogP contribution is 2.04. The van der Waals surface area contributed by atoms with Crippen LogP contribution >= 0.6 is 0 Å². The summed E-state index contributed by atoms with van der Waals surface area (Å²) >= 11 is 0. The van der Waals surface area contributed by atoms with Gasteiger partial charge in [0.1, 0.15) is 12.1 Å². The maximum Gasteiger partial charge on any atom is 0.129 e. The zero-order valence-corrected chi connectivity index (χ0v) is 10.0. The fraction of sp³-hybridized carbons (Fsp3) is 0.417. The summed E-state index contributed by atoms with van der Waals surface area (Å²) < 4.78 is 1.93. The van der Waals surface area contributed by atoms with Crippen LogP contribution in [-0.4, -0.2) is 26.3 Å². The van der Waals surface area contributed by atoms with Crippen molar-refractivity contribution in [3.8, 4) is 0 Å². The van der Waals surface area contributed by atoms with Crippen molar-refractivity contribution >= 4 is 5.82 Å². The Kier molecular flexibility index (Phi) is 4.07. The number of nitrogens with zero attached hydrogens (tertiary/aromatic N) is 4. The largest absolute Gasteiger partial charge is 0.370 e. The lowest BCUT2D eigenvalue weighted by molar-refractivity contribution is 0.591. The Balaban J connectivity index is 1.74. The summed E-state index contributed by atoms with van der Waals surface area (Å²) in [5, 5.41) is 7.44. The number of hydrogen-bond acceptors (Lipinski definition) is 4. The summed E-state index contributed by atoms with van der Waals surface area (Å²) in [4.78, 5) is 8.34. The average Bonchev–Trinajstić information content (AvgIpc) is 2.88. The van der Waals surface area contributed by atoms with Crippen LogP contribution in [0.2, 0.25) is 0 Å². The van der Waals surface area contributed by atoms with E-state index < -0.39 is 0 Å². The molecule has 0 aliphatic carbocycles. The molecular weight excluding hydrogens is 214 g/mol. The lowest BCUT2D eigenvalue weighted by Gasteiger charge is -2.06. The van der Waals surface area contributed by atoms with Gasteiger partial charge in [-0.25, -0.2) is 9.97 Å². The summed E-state index contributed by atoms with van der Waals surface area (Å²) in [6.07, 6.45) is 7.33. The number of nitrogens with one attached hydrogen (secondary N) is 1. The quantitative estimate of drug-likeness (QED) is 0.769. The van der Waals surface area contributed by atoms with E-state index in [2.05, 4.69) is 27.3 Å². The molecule has 0 bridgehead atoms. The summed E-state index contributed by atoms with van der Waals surface area (Å²) in [7, 11) is 0. The first-order chi connectivity index (χ1) is 8.38. The molecule has 0 radical (unpaired) electrons. The van der Waals surface area contributed by atoms with Gasteiger partial charge in [-0.2, -0.15) is 5.10 Å². The van der Waals surface area contributed by atoms with Crippen molar-refractivity contribution in [2.75, 3.05) is 11.9 Å². The molecule has 0 fully saturated rings. The van der Waals surface area contributed by atoms with Crippen LogP contribution in [0.1, 0.15) is 19.0 Å². The van der Waals surface area contributed by atoms with Crippen LogP contribution in [0.15, 0.2) is 30.9 Å². The van der Waals surface area contributed by atoms with E-state index in [4.69, 9.17) is 0 Å². The molecule has 5 nitrogen and oxygen atoms in total. The van der Waals surface area contributed by atoms with Crippen molar-refractivity contribution in [2.45, 2.75) is 26.3 Å². The predicted molar refractivity (Wildman–Crippen MR) is 66.7 cm³/mol. The van der Waals surface area contributed by atoms with E-state index in [0.717, 1.165) is 37.4 Å². The monoisotopic (exact) mass is 231 g/mol. The third-order valence-electron chi connectivity index (χ3n) is 2.52. The second kappa shape index (κ2) is 5.98. The van der Waals surface area contributed by atoms with Gasteiger partial charge in [0.05, 0.1) is 0 Å². The van der Waals surface area contributed by atoms with Gasteiger partial charge in [-0.15, -0.1) is 0 Å². The van der Waals surface area contributed by atoms with Gasteiger partial charge < -0.3 is 5.32 Å². The lowest BCUT2D eigenvalue weighted by atomic mass is 10.3. The van der Waals surface area contributed by atoms with Crippen molar-refractivity contribution in [3.63, 3.8) is 0 Å². The topological polar surface area (TPSA) is 55.6 Å². The van der Waals surface area contributed by atoms with E-state index >= 15 is 0 Å². The number of aryl methyl sites for hydroxylation is 2. The summed E-state index contributed by atoms with van der Waals surface area (Å²) in [6.45, 7) is 3.90. The fourth-order valence-electron chi connectivity index (χ4n) is 1.58. The van der Waals surface area contributed by atoms with Crippen LogP contribution in [0.5, 0.6) is 0 Å². The number of hydrogen-bond donors (Lipinski definition) is 1. The molecule has 2 aromatic heterocycles. The summed E-state index contributed by atoms with van der Waals surface area (Å²) in [5.41, 5.74) is 1.06. The Hall–Kier alpha value is -1.91. The van der Waals surface area contributed by atoms with E-state index in [1.807, 2.05) is 23.0 Å². The smallest absolute Gasteiger partial charge is 0.129 e. The molecule has 0 atom stereocenters. The van der Waals surface area contributed by atoms with E-state index in [-0.39, 0.29) is 0 Å². The minimum absolute atomic E-state index is 0.889. The van der Waals surface area contributed by atoms with Crippen molar-refractivity contribution < 1.29 is 0 Å². The van der Waals surface area contributed by atoms with E-state index in [1.54, 1.807) is 12.5 Å². The van der Waals surface area contributed by atoms with E-state index in [0.29, 0.717) is 0 Å². The van der Waals surface area contributed by atoms with Gasteiger partial charge >= 0.3 is 0 Å². The van der Waals surface area contributed by atoms with Gasteiger partial charge in [0.15, 0.2) is 0 Å². The van der Waals surface area contributed by atoms with Crippen molar-refractivity contribution in [1.82, 2.24) is 19.7 Å². The van der Waals surface area contributed by atoms with Crippen LogP contribution in [0.3, 0.4) is 0 Å². The molecule has 90 valence electrons. The highest BCUT2D eigenvalue weighted by molar-refractivity contribution is 5.34. The van der Waals surface area contributed by atoms with Gasteiger partial charge in [0.25, 0.3) is 0 Å². The normalized spacial score (nSPS) is 10.4. The number of aromatic nitrogens is 4. The fourth-order valence-corrected chi connectivity index (χ4v) is 1.58. The first-order valence-electron chi connectivity index (χ1n) is 5.90. The second-order valence-electron chi connectivity index (χ2n) is 3.80. The minimum atomic E-state index is 0.889. The molecule has 2 rings (SSSR count). The molecule has 17 heavy (non-hydrogen) atoms. The van der Waals surface area contributed by atoms with Crippen LogP contribution in [0.4, 0.5) is 5.82 Å². The number of rotatable bonds is 6. The van der Waals surface area contributed by atoms with E-state index in [9.17, 15) is 0 Å². The maximum atomic E-state index is 4.18. The molecule has 1 N–H and O–H groups in total. The van der Waals surface area contributed by atoms with Gasteiger partial charge in [0, 0.05) is 37.2 Å². The first kappa shape index (κ1) is 11.6. The molecule has 5 heteroatoms. The third kappa shape index (κ3) is 3.55. The Morgan fingerprint density at radius 2 is 2.29 bits per heavy atom. The summed E-state index contributed by atoms with van der Waals surface area (Å²) in [5.74, 6) is 0.900.